The molecule has 4 nitrogen and oxygen atoms in total. The van der Waals surface area contributed by atoms with Gasteiger partial charge in [-0.1, -0.05) is 32.1 Å². The molecule has 1 amide bonds. The Kier molecular flexibility index (Phi) is 6.90. The lowest BCUT2D eigenvalue weighted by molar-refractivity contribution is -0.274. The van der Waals surface area contributed by atoms with Gasteiger partial charge in [-0.2, -0.15) is 0 Å². The number of alkyl halides is 3. The molecule has 2 N–H and O–H groups in total. The fourth-order valence-corrected chi connectivity index (χ4v) is 2.84. The molecule has 0 spiro atoms. The van der Waals surface area contributed by atoms with E-state index in [0.717, 1.165) is 12.8 Å². The summed E-state index contributed by atoms with van der Waals surface area (Å²) in [6, 6.07) is 5.47. The minimum absolute atomic E-state index is 0.200. The third kappa shape index (κ3) is 7.21. The molecular weight excluding hydrogens is 321 g/mol. The summed E-state index contributed by atoms with van der Waals surface area (Å²) in [5, 5.41) is 5.93. The molecule has 1 aromatic rings. The second-order valence-corrected chi connectivity index (χ2v) is 6.04. The van der Waals surface area contributed by atoms with E-state index in [1.807, 2.05) is 0 Å². The molecule has 0 bridgehead atoms. The first-order valence-electron chi connectivity index (χ1n) is 8.31. The van der Waals surface area contributed by atoms with Crippen molar-refractivity contribution in [2.45, 2.75) is 57.3 Å². The SMILES string of the molecule is O=C(CNC1CCCCCCC1)Nc1ccc(OC(F)(F)F)cc1. The number of anilines is 1. The molecular formula is C17H23F3N2O2. The monoisotopic (exact) mass is 344 g/mol. The second-order valence-electron chi connectivity index (χ2n) is 6.04. The van der Waals surface area contributed by atoms with E-state index < -0.39 is 6.36 Å². The van der Waals surface area contributed by atoms with Gasteiger partial charge in [0.15, 0.2) is 0 Å². The first-order valence-corrected chi connectivity index (χ1v) is 8.31. The van der Waals surface area contributed by atoms with Gasteiger partial charge in [-0.15, -0.1) is 13.2 Å². The van der Waals surface area contributed by atoms with E-state index in [-0.39, 0.29) is 18.2 Å². The smallest absolute Gasteiger partial charge is 0.406 e. The molecule has 1 saturated carbocycles. The van der Waals surface area contributed by atoms with E-state index in [0.29, 0.717) is 11.7 Å². The van der Waals surface area contributed by atoms with Crippen molar-refractivity contribution in [1.29, 1.82) is 0 Å². The van der Waals surface area contributed by atoms with Crippen LogP contribution >= 0.6 is 0 Å². The Balaban J connectivity index is 1.75. The Labute approximate surface area is 139 Å². The highest BCUT2D eigenvalue weighted by atomic mass is 19.4. The number of halogens is 3. The number of hydrogen-bond donors (Lipinski definition) is 2. The Morgan fingerprint density at radius 2 is 1.62 bits per heavy atom. The molecule has 24 heavy (non-hydrogen) atoms. The van der Waals surface area contributed by atoms with Gasteiger partial charge in [0.25, 0.3) is 0 Å². The third-order valence-electron chi connectivity index (χ3n) is 4.03. The fourth-order valence-electron chi connectivity index (χ4n) is 2.84. The fraction of sp³-hybridized carbons (Fsp3) is 0.588. The van der Waals surface area contributed by atoms with Crippen molar-refractivity contribution < 1.29 is 22.7 Å². The zero-order valence-corrected chi connectivity index (χ0v) is 13.5. The van der Waals surface area contributed by atoms with Crippen LogP contribution in [0, 0.1) is 0 Å². The van der Waals surface area contributed by atoms with Gasteiger partial charge in [-0.25, -0.2) is 0 Å². The highest BCUT2D eigenvalue weighted by Gasteiger charge is 2.30. The van der Waals surface area contributed by atoms with Crippen LogP contribution in [0.25, 0.3) is 0 Å². The van der Waals surface area contributed by atoms with Crippen LogP contribution in [0.3, 0.4) is 0 Å². The number of carbonyl (C=O) groups excluding carboxylic acids is 1. The predicted molar refractivity (Wildman–Crippen MR) is 85.9 cm³/mol. The Morgan fingerprint density at radius 1 is 1.04 bits per heavy atom. The molecule has 7 heteroatoms. The summed E-state index contributed by atoms with van der Waals surface area (Å²) in [6.07, 6.45) is 3.59. The highest BCUT2D eigenvalue weighted by Crippen LogP contribution is 2.24. The number of rotatable bonds is 5. The van der Waals surface area contributed by atoms with Crippen LogP contribution in [0.15, 0.2) is 24.3 Å². The van der Waals surface area contributed by atoms with Crippen LogP contribution < -0.4 is 15.4 Å². The van der Waals surface area contributed by atoms with Crippen molar-refractivity contribution in [3.8, 4) is 5.75 Å². The number of carbonyl (C=O) groups is 1. The van der Waals surface area contributed by atoms with Gasteiger partial charge in [0.05, 0.1) is 6.54 Å². The lowest BCUT2D eigenvalue weighted by Gasteiger charge is -2.20. The molecule has 0 unspecified atom stereocenters. The van der Waals surface area contributed by atoms with E-state index in [4.69, 9.17) is 0 Å². The minimum Gasteiger partial charge on any atom is -0.406 e. The summed E-state index contributed by atoms with van der Waals surface area (Å²) in [6.45, 7) is 0.200. The summed E-state index contributed by atoms with van der Waals surface area (Å²) in [4.78, 5) is 11.9. The van der Waals surface area contributed by atoms with E-state index in [1.54, 1.807) is 0 Å². The van der Waals surface area contributed by atoms with Crippen LogP contribution in [0.4, 0.5) is 18.9 Å². The molecule has 1 aliphatic rings. The zero-order valence-electron chi connectivity index (χ0n) is 13.5. The molecule has 134 valence electrons. The molecule has 1 aromatic carbocycles. The number of amides is 1. The van der Waals surface area contributed by atoms with Crippen molar-refractivity contribution in [1.82, 2.24) is 5.32 Å². The Bertz CT molecular complexity index is 510. The molecule has 1 aliphatic carbocycles. The number of nitrogens with one attached hydrogen (secondary N) is 2. The van der Waals surface area contributed by atoms with Gasteiger partial charge in [-0.05, 0) is 37.1 Å². The van der Waals surface area contributed by atoms with Crippen molar-refractivity contribution in [3.05, 3.63) is 24.3 Å². The first-order chi connectivity index (χ1) is 11.4. The normalized spacial score (nSPS) is 17.0. The summed E-state index contributed by atoms with van der Waals surface area (Å²) < 4.78 is 40.0. The van der Waals surface area contributed by atoms with Crippen LogP contribution in [0.2, 0.25) is 0 Å². The zero-order chi connectivity index (χ0) is 17.4. The van der Waals surface area contributed by atoms with Crippen molar-refractivity contribution in [3.63, 3.8) is 0 Å². The Morgan fingerprint density at radius 3 is 2.21 bits per heavy atom. The largest absolute Gasteiger partial charge is 0.573 e. The van der Waals surface area contributed by atoms with Crippen LogP contribution in [-0.2, 0) is 4.79 Å². The van der Waals surface area contributed by atoms with Gasteiger partial charge in [0.1, 0.15) is 5.75 Å². The molecule has 0 radical (unpaired) electrons. The lowest BCUT2D eigenvalue weighted by Crippen LogP contribution is -2.36. The molecule has 1 fully saturated rings. The van der Waals surface area contributed by atoms with Crippen molar-refractivity contribution in [2.75, 3.05) is 11.9 Å². The van der Waals surface area contributed by atoms with Crippen LogP contribution in [0.1, 0.15) is 44.9 Å². The number of ether oxygens (including phenoxy) is 1. The van der Waals surface area contributed by atoms with Gasteiger partial charge in [0, 0.05) is 11.7 Å². The molecule has 0 aliphatic heterocycles. The minimum atomic E-state index is -4.72. The maximum atomic E-state index is 12.1. The molecule has 2 rings (SSSR count). The van der Waals surface area contributed by atoms with Gasteiger partial charge < -0.3 is 15.4 Å². The van der Waals surface area contributed by atoms with E-state index in [1.165, 1.54) is 56.4 Å². The average Bonchev–Trinajstić information content (AvgIpc) is 2.47. The van der Waals surface area contributed by atoms with E-state index >= 15 is 0 Å². The van der Waals surface area contributed by atoms with Gasteiger partial charge in [0.2, 0.25) is 5.91 Å². The van der Waals surface area contributed by atoms with Gasteiger partial charge >= 0.3 is 6.36 Å². The van der Waals surface area contributed by atoms with Crippen LogP contribution in [-0.4, -0.2) is 24.9 Å². The topological polar surface area (TPSA) is 50.4 Å². The quantitative estimate of drug-likeness (QED) is 0.841. The van der Waals surface area contributed by atoms with Crippen molar-refractivity contribution in [2.24, 2.45) is 0 Å². The molecule has 0 aromatic heterocycles. The summed E-state index contributed by atoms with van der Waals surface area (Å²) in [7, 11) is 0. The molecule has 0 saturated heterocycles. The van der Waals surface area contributed by atoms with Crippen LogP contribution in [0.5, 0.6) is 5.75 Å². The maximum Gasteiger partial charge on any atom is 0.573 e. The lowest BCUT2D eigenvalue weighted by atomic mass is 9.97. The standard InChI is InChI=1S/C17H23F3N2O2/c18-17(19,20)24-15-10-8-14(9-11-15)22-16(23)12-21-13-6-4-2-1-3-5-7-13/h8-11,13,21H,1-7,12H2,(H,22,23). The summed E-state index contributed by atoms with van der Waals surface area (Å²) >= 11 is 0. The summed E-state index contributed by atoms with van der Waals surface area (Å²) in [5.74, 6) is -0.519. The number of hydrogen-bond acceptors (Lipinski definition) is 3. The van der Waals surface area contributed by atoms with Crippen molar-refractivity contribution >= 4 is 11.6 Å². The maximum absolute atomic E-state index is 12.1. The highest BCUT2D eigenvalue weighted by molar-refractivity contribution is 5.92. The predicted octanol–water partition coefficient (Wildman–Crippen LogP) is 4.23. The third-order valence-corrected chi connectivity index (χ3v) is 4.03. The first kappa shape index (κ1) is 18.6. The molecule has 0 atom stereocenters. The number of benzene rings is 1. The van der Waals surface area contributed by atoms with Gasteiger partial charge in [-0.3, -0.25) is 4.79 Å². The molecule has 0 heterocycles. The second kappa shape index (κ2) is 8.92. The van der Waals surface area contributed by atoms with E-state index in [9.17, 15) is 18.0 Å². The van der Waals surface area contributed by atoms with E-state index in [2.05, 4.69) is 15.4 Å². The summed E-state index contributed by atoms with van der Waals surface area (Å²) in [5.41, 5.74) is 0.439. The average molecular weight is 344 g/mol. The Hall–Kier alpha value is -1.76.